The lowest BCUT2D eigenvalue weighted by Crippen LogP contribution is -2.48. The molecule has 1 fully saturated rings. The number of aromatic nitrogens is 1. The molecule has 6 heteroatoms. The minimum atomic E-state index is -0.739. The third kappa shape index (κ3) is 4.68. The lowest BCUT2D eigenvalue weighted by Gasteiger charge is -2.38. The van der Waals surface area contributed by atoms with E-state index in [1.165, 1.54) is 11.5 Å². The first-order chi connectivity index (χ1) is 9.67. The van der Waals surface area contributed by atoms with Crippen LogP contribution >= 0.6 is 11.5 Å². The first-order valence-electron chi connectivity index (χ1n) is 7.29. The first-order valence-corrected chi connectivity index (χ1v) is 8.07. The molecule has 2 rings (SSSR count). The molecule has 1 aromatic heterocycles. The number of carbonyl (C=O) groups is 1. The van der Waals surface area contributed by atoms with Crippen molar-refractivity contribution in [3.63, 3.8) is 0 Å². The van der Waals surface area contributed by atoms with Crippen LogP contribution < -0.4 is 0 Å². The zero-order valence-electron chi connectivity index (χ0n) is 13.2. The molecule has 5 nitrogen and oxygen atoms in total. The number of piperidine rings is 1. The van der Waals surface area contributed by atoms with Gasteiger partial charge in [-0.2, -0.15) is 4.37 Å². The van der Waals surface area contributed by atoms with E-state index in [0.717, 1.165) is 10.6 Å². The molecule has 1 saturated heterocycles. The molecule has 0 unspecified atom stereocenters. The number of hydrogen-bond donors (Lipinski definition) is 1. The Kier molecular flexibility index (Phi) is 4.58. The Hall–Kier alpha value is -1.14. The van der Waals surface area contributed by atoms with Crippen LogP contribution in [0, 0.1) is 6.92 Å². The van der Waals surface area contributed by atoms with E-state index in [4.69, 9.17) is 4.74 Å². The van der Waals surface area contributed by atoms with Crippen LogP contribution in [-0.2, 0) is 11.2 Å². The summed E-state index contributed by atoms with van der Waals surface area (Å²) in [7, 11) is 0. The van der Waals surface area contributed by atoms with Gasteiger partial charge in [-0.1, -0.05) is 0 Å². The maximum absolute atomic E-state index is 12.0. The number of nitrogens with zero attached hydrogens (tertiary/aromatic N) is 2. The average Bonchev–Trinajstić information content (AvgIpc) is 2.72. The molecular formula is C15H24N2O3S. The fourth-order valence-corrected chi connectivity index (χ4v) is 3.30. The highest BCUT2D eigenvalue weighted by Gasteiger charge is 2.35. The Bertz CT molecular complexity index is 499. The third-order valence-corrected chi connectivity index (χ3v) is 4.40. The lowest BCUT2D eigenvalue weighted by molar-refractivity contribution is -0.0311. The van der Waals surface area contributed by atoms with E-state index >= 15 is 0 Å². The largest absolute Gasteiger partial charge is 0.444 e. The highest BCUT2D eigenvalue weighted by Crippen LogP contribution is 2.28. The van der Waals surface area contributed by atoms with Crippen LogP contribution in [0.5, 0.6) is 0 Å². The van der Waals surface area contributed by atoms with Gasteiger partial charge in [0.25, 0.3) is 0 Å². The Morgan fingerprint density at radius 1 is 1.48 bits per heavy atom. The summed E-state index contributed by atoms with van der Waals surface area (Å²) < 4.78 is 9.61. The van der Waals surface area contributed by atoms with Crippen LogP contribution in [0.15, 0.2) is 6.07 Å². The van der Waals surface area contributed by atoms with Crippen LogP contribution in [-0.4, -0.2) is 44.8 Å². The summed E-state index contributed by atoms with van der Waals surface area (Å²) in [6.07, 6.45) is 1.46. The molecule has 0 aliphatic carbocycles. The Labute approximate surface area is 130 Å². The van der Waals surface area contributed by atoms with Crippen molar-refractivity contribution >= 4 is 17.6 Å². The second-order valence-electron chi connectivity index (χ2n) is 6.80. The second kappa shape index (κ2) is 5.93. The van der Waals surface area contributed by atoms with Gasteiger partial charge in [0.05, 0.1) is 11.3 Å². The van der Waals surface area contributed by atoms with Gasteiger partial charge in [0.1, 0.15) is 5.60 Å². The molecule has 0 radical (unpaired) electrons. The maximum atomic E-state index is 12.0. The maximum Gasteiger partial charge on any atom is 0.410 e. The molecule has 0 atom stereocenters. The molecule has 2 heterocycles. The van der Waals surface area contributed by atoms with Gasteiger partial charge >= 0.3 is 6.09 Å². The van der Waals surface area contributed by atoms with Crippen molar-refractivity contribution in [2.75, 3.05) is 13.1 Å². The number of hydrogen-bond acceptors (Lipinski definition) is 5. The lowest BCUT2D eigenvalue weighted by atomic mass is 9.88. The molecule has 1 aliphatic heterocycles. The van der Waals surface area contributed by atoms with Crippen LogP contribution in [0.2, 0.25) is 0 Å². The number of aliphatic hydroxyl groups is 1. The van der Waals surface area contributed by atoms with Crippen molar-refractivity contribution in [3.05, 3.63) is 16.6 Å². The van der Waals surface area contributed by atoms with E-state index in [0.29, 0.717) is 32.4 Å². The fraction of sp³-hybridized carbons (Fsp3) is 0.733. The highest BCUT2D eigenvalue weighted by atomic mass is 32.1. The Morgan fingerprint density at radius 2 is 2.10 bits per heavy atom. The highest BCUT2D eigenvalue weighted by molar-refractivity contribution is 7.05. The van der Waals surface area contributed by atoms with Gasteiger partial charge in [0.15, 0.2) is 0 Å². The predicted molar refractivity (Wildman–Crippen MR) is 82.5 cm³/mol. The molecule has 1 aliphatic rings. The molecule has 0 aromatic carbocycles. The zero-order chi connectivity index (χ0) is 15.7. The number of likely N-dealkylation sites (tertiary alicyclic amines) is 1. The summed E-state index contributed by atoms with van der Waals surface area (Å²) in [5.41, 5.74) is -0.229. The van der Waals surface area contributed by atoms with Crippen molar-refractivity contribution in [1.29, 1.82) is 0 Å². The van der Waals surface area contributed by atoms with Crippen molar-refractivity contribution in [1.82, 2.24) is 9.27 Å². The van der Waals surface area contributed by atoms with Gasteiger partial charge in [-0.05, 0) is 58.1 Å². The standard InChI is InChI=1S/C15H24N2O3S/c1-11-9-12(21-16-11)10-15(19)5-7-17(8-6-15)13(18)20-14(2,3)4/h9,19H,5-8,10H2,1-4H3. The van der Waals surface area contributed by atoms with Crippen LogP contribution in [0.4, 0.5) is 4.79 Å². The molecule has 0 bridgehead atoms. The normalized spacial score (nSPS) is 18.6. The summed E-state index contributed by atoms with van der Waals surface area (Å²) in [4.78, 5) is 14.8. The van der Waals surface area contributed by atoms with Gasteiger partial charge in [0, 0.05) is 24.4 Å². The SMILES string of the molecule is Cc1cc(CC2(O)CCN(C(=O)OC(C)(C)C)CC2)sn1. The van der Waals surface area contributed by atoms with Gasteiger partial charge in [-0.15, -0.1) is 0 Å². The number of carbonyl (C=O) groups excluding carboxylic acids is 1. The number of rotatable bonds is 2. The van der Waals surface area contributed by atoms with E-state index < -0.39 is 11.2 Å². The van der Waals surface area contributed by atoms with Crippen molar-refractivity contribution in [2.45, 2.75) is 58.2 Å². The summed E-state index contributed by atoms with van der Waals surface area (Å²) in [5, 5.41) is 10.7. The van der Waals surface area contributed by atoms with Crippen LogP contribution in [0.25, 0.3) is 0 Å². The minimum Gasteiger partial charge on any atom is -0.444 e. The summed E-state index contributed by atoms with van der Waals surface area (Å²) in [5.74, 6) is 0. The molecule has 1 N–H and O–H groups in total. The van der Waals surface area contributed by atoms with E-state index in [1.54, 1.807) is 4.90 Å². The topological polar surface area (TPSA) is 62.7 Å². The fourth-order valence-electron chi connectivity index (χ4n) is 2.43. The van der Waals surface area contributed by atoms with Crippen LogP contribution in [0.3, 0.4) is 0 Å². The minimum absolute atomic E-state index is 0.293. The van der Waals surface area contributed by atoms with Crippen molar-refractivity contribution in [2.24, 2.45) is 0 Å². The summed E-state index contributed by atoms with van der Waals surface area (Å²) in [6.45, 7) is 8.59. The van der Waals surface area contributed by atoms with Gasteiger partial charge < -0.3 is 14.7 Å². The number of ether oxygens (including phenoxy) is 1. The van der Waals surface area contributed by atoms with E-state index in [9.17, 15) is 9.90 Å². The summed E-state index contributed by atoms with van der Waals surface area (Å²) >= 11 is 1.44. The Morgan fingerprint density at radius 3 is 2.57 bits per heavy atom. The van der Waals surface area contributed by atoms with Crippen LogP contribution in [0.1, 0.15) is 44.2 Å². The zero-order valence-corrected chi connectivity index (χ0v) is 14.0. The van der Waals surface area contributed by atoms with E-state index in [-0.39, 0.29) is 6.09 Å². The summed E-state index contributed by atoms with van der Waals surface area (Å²) in [6, 6.07) is 2.02. The smallest absolute Gasteiger partial charge is 0.410 e. The average molecular weight is 312 g/mol. The molecule has 1 aromatic rings. The van der Waals surface area contributed by atoms with Gasteiger partial charge in [-0.3, -0.25) is 0 Å². The first kappa shape index (κ1) is 16.2. The van der Waals surface area contributed by atoms with Crippen molar-refractivity contribution < 1.29 is 14.6 Å². The molecule has 0 spiro atoms. The molecule has 118 valence electrons. The Balaban J connectivity index is 1.88. The third-order valence-electron chi connectivity index (χ3n) is 3.53. The second-order valence-corrected chi connectivity index (χ2v) is 7.69. The van der Waals surface area contributed by atoms with Gasteiger partial charge in [0.2, 0.25) is 0 Å². The molecule has 1 amide bonds. The molecule has 0 saturated carbocycles. The quantitative estimate of drug-likeness (QED) is 0.912. The molecule has 21 heavy (non-hydrogen) atoms. The van der Waals surface area contributed by atoms with Crippen molar-refractivity contribution in [3.8, 4) is 0 Å². The van der Waals surface area contributed by atoms with E-state index in [1.807, 2.05) is 33.8 Å². The number of amides is 1. The monoisotopic (exact) mass is 312 g/mol. The van der Waals surface area contributed by atoms with E-state index in [2.05, 4.69) is 4.37 Å². The predicted octanol–water partition coefficient (Wildman–Crippen LogP) is 2.76. The molecular weight excluding hydrogens is 288 g/mol. The van der Waals surface area contributed by atoms with Gasteiger partial charge in [-0.25, -0.2) is 4.79 Å². The number of aryl methyl sites for hydroxylation is 1.